The number of aryl methyl sites for hydroxylation is 1. The van der Waals surface area contributed by atoms with Crippen molar-refractivity contribution in [3.8, 4) is 10.6 Å². The summed E-state index contributed by atoms with van der Waals surface area (Å²) in [6.45, 7) is 0. The maximum atomic E-state index is 11.5. The lowest BCUT2D eigenvalue weighted by Gasteiger charge is -2.16. The van der Waals surface area contributed by atoms with E-state index in [-0.39, 0.29) is 5.97 Å². The molecule has 6 heteroatoms. The standard InChI is InChI=1S/C17H21N3O2S/c1-20-17(18-14-6-4-3-5-7-14)23-15(19-20)12-8-10-13(11-9-12)16(21)22-2/h8-11,14H,3-7H2,1-2H3/b18-17+. The Balaban J connectivity index is 1.85. The van der Waals surface area contributed by atoms with Crippen molar-refractivity contribution < 1.29 is 9.53 Å². The van der Waals surface area contributed by atoms with E-state index in [0.29, 0.717) is 11.6 Å². The number of benzene rings is 1. The zero-order chi connectivity index (χ0) is 16.2. The van der Waals surface area contributed by atoms with Gasteiger partial charge in [0.15, 0.2) is 0 Å². The lowest BCUT2D eigenvalue weighted by Crippen LogP contribution is -2.18. The Morgan fingerprint density at radius 1 is 1.26 bits per heavy atom. The maximum Gasteiger partial charge on any atom is 0.337 e. The van der Waals surface area contributed by atoms with Crippen LogP contribution < -0.4 is 4.80 Å². The second-order valence-corrected chi connectivity index (χ2v) is 6.76. The first-order chi connectivity index (χ1) is 11.2. The molecular weight excluding hydrogens is 310 g/mol. The van der Waals surface area contributed by atoms with Crippen LogP contribution in [0.5, 0.6) is 0 Å². The minimum atomic E-state index is -0.325. The highest BCUT2D eigenvalue weighted by Crippen LogP contribution is 2.22. The zero-order valence-electron chi connectivity index (χ0n) is 13.5. The third-order valence-electron chi connectivity index (χ3n) is 4.13. The largest absolute Gasteiger partial charge is 0.465 e. The smallest absolute Gasteiger partial charge is 0.337 e. The summed E-state index contributed by atoms with van der Waals surface area (Å²) in [6.07, 6.45) is 6.25. The molecule has 5 nitrogen and oxygen atoms in total. The Morgan fingerprint density at radius 2 is 1.96 bits per heavy atom. The van der Waals surface area contributed by atoms with Crippen LogP contribution in [0.2, 0.25) is 0 Å². The first-order valence-corrected chi connectivity index (χ1v) is 8.76. The van der Waals surface area contributed by atoms with Crippen molar-refractivity contribution in [1.29, 1.82) is 0 Å². The molecule has 1 fully saturated rings. The number of nitrogens with zero attached hydrogens (tertiary/aromatic N) is 3. The van der Waals surface area contributed by atoms with Crippen LogP contribution in [0.25, 0.3) is 10.6 Å². The van der Waals surface area contributed by atoms with Gasteiger partial charge >= 0.3 is 5.97 Å². The molecule has 0 saturated heterocycles. The number of hydrogen-bond donors (Lipinski definition) is 0. The van der Waals surface area contributed by atoms with Crippen LogP contribution in [0.15, 0.2) is 29.3 Å². The molecule has 1 heterocycles. The highest BCUT2D eigenvalue weighted by Gasteiger charge is 2.13. The Hall–Kier alpha value is -1.95. The third-order valence-corrected chi connectivity index (χ3v) is 5.19. The molecule has 1 aliphatic rings. The average molecular weight is 331 g/mol. The number of esters is 1. The number of rotatable bonds is 3. The molecular formula is C17H21N3O2S. The Labute approximate surface area is 139 Å². The summed E-state index contributed by atoms with van der Waals surface area (Å²) >= 11 is 1.60. The van der Waals surface area contributed by atoms with Crippen LogP contribution in [-0.2, 0) is 11.8 Å². The highest BCUT2D eigenvalue weighted by atomic mass is 32.1. The minimum Gasteiger partial charge on any atom is -0.465 e. The van der Waals surface area contributed by atoms with E-state index in [9.17, 15) is 4.79 Å². The lowest BCUT2D eigenvalue weighted by molar-refractivity contribution is 0.0601. The Bertz CT molecular complexity index is 740. The quantitative estimate of drug-likeness (QED) is 0.812. The van der Waals surface area contributed by atoms with E-state index in [0.717, 1.165) is 15.4 Å². The van der Waals surface area contributed by atoms with Gasteiger partial charge in [0, 0.05) is 12.6 Å². The van der Waals surface area contributed by atoms with E-state index in [1.807, 2.05) is 23.9 Å². The van der Waals surface area contributed by atoms with Gasteiger partial charge in [-0.1, -0.05) is 42.7 Å². The minimum absolute atomic E-state index is 0.325. The van der Waals surface area contributed by atoms with Crippen molar-refractivity contribution in [2.45, 2.75) is 38.1 Å². The molecule has 1 aromatic carbocycles. The fourth-order valence-corrected chi connectivity index (χ4v) is 3.78. The monoisotopic (exact) mass is 331 g/mol. The van der Waals surface area contributed by atoms with Crippen molar-refractivity contribution in [2.24, 2.45) is 12.0 Å². The van der Waals surface area contributed by atoms with Gasteiger partial charge < -0.3 is 4.74 Å². The summed E-state index contributed by atoms with van der Waals surface area (Å²) in [5, 5.41) is 5.48. The van der Waals surface area contributed by atoms with Crippen molar-refractivity contribution in [1.82, 2.24) is 9.78 Å². The van der Waals surface area contributed by atoms with E-state index in [4.69, 9.17) is 9.73 Å². The van der Waals surface area contributed by atoms with Crippen LogP contribution in [0, 0.1) is 0 Å². The van der Waals surface area contributed by atoms with Crippen molar-refractivity contribution in [3.05, 3.63) is 34.6 Å². The number of ether oxygens (including phenoxy) is 1. The number of aromatic nitrogens is 2. The highest BCUT2D eigenvalue weighted by molar-refractivity contribution is 7.12. The normalized spacial score (nSPS) is 16.5. The molecule has 0 radical (unpaired) electrons. The average Bonchev–Trinajstić information content (AvgIpc) is 2.96. The molecule has 0 amide bonds. The molecule has 1 aromatic heterocycles. The van der Waals surface area contributed by atoms with Crippen LogP contribution in [0.4, 0.5) is 0 Å². The number of carbonyl (C=O) groups excluding carboxylic acids is 1. The predicted molar refractivity (Wildman–Crippen MR) is 90.3 cm³/mol. The molecule has 1 aliphatic carbocycles. The van der Waals surface area contributed by atoms with Crippen LogP contribution in [0.1, 0.15) is 42.5 Å². The predicted octanol–water partition coefficient (Wildman–Crippen LogP) is 3.17. The molecule has 23 heavy (non-hydrogen) atoms. The van der Waals surface area contributed by atoms with E-state index in [1.54, 1.807) is 23.5 Å². The summed E-state index contributed by atoms with van der Waals surface area (Å²) in [4.78, 5) is 17.3. The van der Waals surface area contributed by atoms with E-state index >= 15 is 0 Å². The molecule has 2 aromatic rings. The fourth-order valence-electron chi connectivity index (χ4n) is 2.81. The summed E-state index contributed by atoms with van der Waals surface area (Å²) in [5.74, 6) is -0.325. The van der Waals surface area contributed by atoms with Crippen LogP contribution in [0.3, 0.4) is 0 Å². The summed E-state index contributed by atoms with van der Waals surface area (Å²) < 4.78 is 6.57. The molecule has 0 atom stereocenters. The first-order valence-electron chi connectivity index (χ1n) is 7.94. The number of hydrogen-bond acceptors (Lipinski definition) is 5. The van der Waals surface area contributed by atoms with Gasteiger partial charge in [-0.3, -0.25) is 4.99 Å². The second kappa shape index (κ2) is 7.08. The van der Waals surface area contributed by atoms with Gasteiger partial charge in [0.1, 0.15) is 5.01 Å². The van der Waals surface area contributed by atoms with Crippen molar-refractivity contribution in [3.63, 3.8) is 0 Å². The molecule has 0 spiro atoms. The van der Waals surface area contributed by atoms with Gasteiger partial charge in [-0.15, -0.1) is 0 Å². The topological polar surface area (TPSA) is 56.5 Å². The molecule has 1 saturated carbocycles. The van der Waals surface area contributed by atoms with Gasteiger partial charge in [0.2, 0.25) is 4.80 Å². The number of methoxy groups -OCH3 is 1. The number of carbonyl (C=O) groups is 1. The molecule has 122 valence electrons. The van der Waals surface area contributed by atoms with Gasteiger partial charge in [-0.2, -0.15) is 5.10 Å². The maximum absolute atomic E-state index is 11.5. The van der Waals surface area contributed by atoms with Gasteiger partial charge in [-0.25, -0.2) is 9.48 Å². The molecule has 3 rings (SSSR count). The van der Waals surface area contributed by atoms with Crippen LogP contribution in [-0.4, -0.2) is 28.9 Å². The molecule has 0 aliphatic heterocycles. The molecule has 0 N–H and O–H groups in total. The van der Waals surface area contributed by atoms with E-state index in [2.05, 4.69) is 5.10 Å². The zero-order valence-corrected chi connectivity index (χ0v) is 14.3. The van der Waals surface area contributed by atoms with Crippen LogP contribution >= 0.6 is 11.3 Å². The lowest BCUT2D eigenvalue weighted by atomic mass is 9.96. The molecule has 0 bridgehead atoms. The Kier molecular flexibility index (Phi) is 4.91. The summed E-state index contributed by atoms with van der Waals surface area (Å²) in [7, 11) is 3.32. The van der Waals surface area contributed by atoms with Gasteiger partial charge in [0.25, 0.3) is 0 Å². The van der Waals surface area contributed by atoms with Gasteiger partial charge in [0.05, 0.1) is 18.7 Å². The van der Waals surface area contributed by atoms with Crippen molar-refractivity contribution in [2.75, 3.05) is 7.11 Å². The van der Waals surface area contributed by atoms with Crippen molar-refractivity contribution >= 4 is 17.3 Å². The first kappa shape index (κ1) is 15.9. The van der Waals surface area contributed by atoms with E-state index in [1.165, 1.54) is 39.2 Å². The second-order valence-electron chi connectivity index (χ2n) is 5.80. The van der Waals surface area contributed by atoms with E-state index < -0.39 is 0 Å². The SMILES string of the molecule is COC(=O)c1ccc(-c2nn(C)/c(=N\C3CCCCC3)s2)cc1. The van der Waals surface area contributed by atoms with Gasteiger partial charge in [-0.05, 0) is 25.0 Å². The summed E-state index contributed by atoms with van der Waals surface area (Å²) in [5.41, 5.74) is 1.53. The summed E-state index contributed by atoms with van der Waals surface area (Å²) in [6, 6.07) is 7.76. The third kappa shape index (κ3) is 3.69. The Morgan fingerprint density at radius 3 is 2.61 bits per heavy atom. The molecule has 0 unspecified atom stereocenters. The fraction of sp³-hybridized carbons (Fsp3) is 0.471.